The quantitative estimate of drug-likeness (QED) is 0.475. The molecule has 3 aromatic heterocycles. The maximum atomic E-state index is 12.3. The molecule has 4 aliphatic heterocycles. The minimum atomic E-state index is 0.114. The number of fused-ring (bicyclic) bond motifs is 2. The van der Waals surface area contributed by atoms with Crippen molar-refractivity contribution in [2.75, 3.05) is 44.3 Å². The lowest BCUT2D eigenvalue weighted by atomic mass is 9.92. The van der Waals surface area contributed by atoms with Crippen LogP contribution in [-0.2, 0) is 35.3 Å². The summed E-state index contributed by atoms with van der Waals surface area (Å²) in [4.78, 5) is 31.2. The molecule has 0 spiro atoms. The van der Waals surface area contributed by atoms with Crippen molar-refractivity contribution < 1.29 is 9.53 Å². The topological polar surface area (TPSA) is 101 Å². The highest BCUT2D eigenvalue weighted by atomic mass is 16.5. The van der Waals surface area contributed by atoms with Crippen LogP contribution >= 0.6 is 0 Å². The maximum Gasteiger partial charge on any atom is 0.219 e. The first-order chi connectivity index (χ1) is 20.6. The van der Waals surface area contributed by atoms with Crippen molar-refractivity contribution in [3.8, 4) is 11.4 Å². The Balaban J connectivity index is 1.14. The summed E-state index contributed by atoms with van der Waals surface area (Å²) in [5.41, 5.74) is 6.62. The van der Waals surface area contributed by atoms with Gasteiger partial charge in [-0.1, -0.05) is 0 Å². The van der Waals surface area contributed by atoms with Crippen LogP contribution in [0.5, 0.6) is 0 Å². The fourth-order valence-electron chi connectivity index (χ4n) is 7.08. The molecule has 4 aliphatic rings. The molecule has 0 aliphatic carbocycles. The van der Waals surface area contributed by atoms with Crippen molar-refractivity contribution in [1.82, 2.24) is 34.9 Å². The number of hydrogen-bond acceptors (Lipinski definition) is 8. The first-order valence-electron chi connectivity index (χ1n) is 15.9. The van der Waals surface area contributed by atoms with Gasteiger partial charge in [-0.2, -0.15) is 5.10 Å². The van der Waals surface area contributed by atoms with E-state index in [0.29, 0.717) is 12.6 Å². The number of ether oxygens (including phenoxy) is 1. The van der Waals surface area contributed by atoms with E-state index >= 15 is 0 Å². The van der Waals surface area contributed by atoms with E-state index in [-0.39, 0.29) is 5.91 Å². The summed E-state index contributed by atoms with van der Waals surface area (Å²) in [6.07, 6.45) is 13.3. The number of carbonyl (C=O) groups excluding carboxylic acids is 1. The summed E-state index contributed by atoms with van der Waals surface area (Å²) in [6.45, 7) is 7.68. The molecule has 0 saturated carbocycles. The van der Waals surface area contributed by atoms with Crippen LogP contribution in [0, 0.1) is 5.92 Å². The molecule has 0 atom stereocenters. The molecule has 42 heavy (non-hydrogen) atoms. The zero-order chi connectivity index (χ0) is 28.5. The van der Waals surface area contributed by atoms with E-state index in [4.69, 9.17) is 24.8 Å². The normalized spacial score (nSPS) is 19.9. The lowest BCUT2D eigenvalue weighted by Crippen LogP contribution is -2.36. The van der Waals surface area contributed by atoms with Crippen LogP contribution in [0.2, 0.25) is 0 Å². The number of aryl methyl sites for hydroxylation is 2. The first-order valence-corrected chi connectivity index (χ1v) is 15.9. The molecule has 0 aromatic carbocycles. The summed E-state index contributed by atoms with van der Waals surface area (Å²) < 4.78 is 7.90. The average molecular weight is 571 g/mol. The predicted octanol–water partition coefficient (Wildman–Crippen LogP) is 4.01. The van der Waals surface area contributed by atoms with Gasteiger partial charge in [0.05, 0.1) is 30.2 Å². The van der Waals surface area contributed by atoms with Gasteiger partial charge in [0.15, 0.2) is 11.6 Å². The number of nitrogens with one attached hydrogen (secondary N) is 1. The fourth-order valence-corrected chi connectivity index (χ4v) is 7.08. The molecule has 1 amide bonds. The van der Waals surface area contributed by atoms with Crippen molar-refractivity contribution in [3.63, 3.8) is 0 Å². The number of hydrogen-bond donors (Lipinski definition) is 1. The standard InChI is InChI=1S/C32H42N8O2/c1-22(41)38-16-10-29-27(21-38)32(37-40(29)26-11-17-42-18-12-26)39-15-2-3-28-30(39)20-35-31(36-28)24-5-7-25(34-19-24)6-4-23-8-13-33-14-9-23/h5,7,19-20,23,26,33H,2-4,6,8-18,21H2,1H3. The number of piperidine rings is 1. The van der Waals surface area contributed by atoms with Gasteiger partial charge in [0, 0.05) is 68.4 Å². The van der Waals surface area contributed by atoms with Gasteiger partial charge in [-0.05, 0) is 82.5 Å². The minimum absolute atomic E-state index is 0.114. The number of rotatable bonds is 6. The minimum Gasteiger partial charge on any atom is -0.381 e. The van der Waals surface area contributed by atoms with Gasteiger partial charge >= 0.3 is 0 Å². The molecule has 3 aromatic rings. The van der Waals surface area contributed by atoms with Gasteiger partial charge < -0.3 is 19.9 Å². The lowest BCUT2D eigenvalue weighted by molar-refractivity contribution is -0.129. The van der Waals surface area contributed by atoms with Crippen LogP contribution in [0.25, 0.3) is 11.4 Å². The van der Waals surface area contributed by atoms with E-state index in [1.54, 1.807) is 6.92 Å². The Bertz CT molecular complexity index is 1410. The van der Waals surface area contributed by atoms with Gasteiger partial charge in [0.25, 0.3) is 0 Å². The Morgan fingerprint density at radius 1 is 1.05 bits per heavy atom. The molecule has 10 heteroatoms. The van der Waals surface area contributed by atoms with E-state index in [9.17, 15) is 4.79 Å². The Hall–Kier alpha value is -3.37. The molecule has 222 valence electrons. The average Bonchev–Trinajstić information content (AvgIpc) is 3.43. The number of anilines is 2. The van der Waals surface area contributed by atoms with Gasteiger partial charge in [-0.25, -0.2) is 9.97 Å². The molecule has 10 nitrogen and oxygen atoms in total. The summed E-state index contributed by atoms with van der Waals surface area (Å²) >= 11 is 0. The van der Waals surface area contributed by atoms with Crippen LogP contribution in [0.4, 0.5) is 11.5 Å². The third kappa shape index (κ3) is 5.54. The zero-order valence-electron chi connectivity index (χ0n) is 24.7. The van der Waals surface area contributed by atoms with Crippen LogP contribution in [-0.4, -0.2) is 74.9 Å². The number of amides is 1. The van der Waals surface area contributed by atoms with Gasteiger partial charge in [0.2, 0.25) is 5.91 Å². The van der Waals surface area contributed by atoms with E-state index in [2.05, 4.69) is 27.0 Å². The van der Waals surface area contributed by atoms with Crippen molar-refractivity contribution in [2.45, 2.75) is 77.3 Å². The van der Waals surface area contributed by atoms with E-state index in [0.717, 1.165) is 118 Å². The molecular weight excluding hydrogens is 528 g/mol. The molecule has 2 fully saturated rings. The SMILES string of the molecule is CC(=O)N1CCc2c(c(N3CCCc4nc(-c5ccc(CCC6CCNCC6)nc5)ncc43)nn2C2CCOCC2)C1. The van der Waals surface area contributed by atoms with E-state index in [1.807, 2.05) is 17.3 Å². The smallest absolute Gasteiger partial charge is 0.219 e. The molecule has 0 radical (unpaired) electrons. The zero-order valence-corrected chi connectivity index (χ0v) is 24.7. The Labute approximate surface area is 247 Å². The number of carbonyl (C=O) groups is 1. The maximum absolute atomic E-state index is 12.3. The fraction of sp³-hybridized carbons (Fsp3) is 0.594. The van der Waals surface area contributed by atoms with Gasteiger partial charge in [-0.15, -0.1) is 0 Å². The molecule has 7 rings (SSSR count). The van der Waals surface area contributed by atoms with E-state index in [1.165, 1.54) is 30.5 Å². The second kappa shape index (κ2) is 12.1. The Morgan fingerprint density at radius 3 is 2.69 bits per heavy atom. The first kappa shape index (κ1) is 27.5. The molecular formula is C32H42N8O2. The van der Waals surface area contributed by atoms with Crippen molar-refractivity contribution in [2.24, 2.45) is 5.92 Å². The van der Waals surface area contributed by atoms with Crippen molar-refractivity contribution in [3.05, 3.63) is 47.2 Å². The second-order valence-corrected chi connectivity index (χ2v) is 12.3. The lowest BCUT2D eigenvalue weighted by Gasteiger charge is -2.32. The molecule has 0 unspecified atom stereocenters. The number of nitrogens with zero attached hydrogens (tertiary/aromatic N) is 7. The van der Waals surface area contributed by atoms with Crippen LogP contribution in [0.1, 0.15) is 74.1 Å². The Kier molecular flexibility index (Phi) is 7.90. The van der Waals surface area contributed by atoms with Gasteiger partial charge in [0.1, 0.15) is 0 Å². The van der Waals surface area contributed by atoms with Crippen molar-refractivity contribution >= 4 is 17.4 Å². The molecule has 0 bridgehead atoms. The summed E-state index contributed by atoms with van der Waals surface area (Å²) in [5, 5.41) is 8.70. The van der Waals surface area contributed by atoms with E-state index < -0.39 is 0 Å². The van der Waals surface area contributed by atoms with Crippen LogP contribution in [0.3, 0.4) is 0 Å². The molecule has 7 heterocycles. The monoisotopic (exact) mass is 570 g/mol. The number of aromatic nitrogens is 5. The molecule has 2 saturated heterocycles. The summed E-state index contributed by atoms with van der Waals surface area (Å²) in [7, 11) is 0. The summed E-state index contributed by atoms with van der Waals surface area (Å²) in [5.74, 6) is 2.60. The molecule has 1 N–H and O–H groups in total. The predicted molar refractivity (Wildman–Crippen MR) is 161 cm³/mol. The largest absolute Gasteiger partial charge is 0.381 e. The van der Waals surface area contributed by atoms with Gasteiger partial charge in [-0.3, -0.25) is 14.5 Å². The van der Waals surface area contributed by atoms with Crippen LogP contribution in [0.15, 0.2) is 24.5 Å². The van der Waals surface area contributed by atoms with Crippen molar-refractivity contribution in [1.29, 1.82) is 0 Å². The second-order valence-electron chi connectivity index (χ2n) is 12.3. The third-order valence-corrected chi connectivity index (χ3v) is 9.58. The van der Waals surface area contributed by atoms with Crippen LogP contribution < -0.4 is 10.2 Å². The third-order valence-electron chi connectivity index (χ3n) is 9.58. The highest BCUT2D eigenvalue weighted by molar-refractivity contribution is 5.75. The number of pyridine rings is 1. The Morgan fingerprint density at radius 2 is 1.90 bits per heavy atom. The summed E-state index contributed by atoms with van der Waals surface area (Å²) in [6, 6.07) is 4.60. The highest BCUT2D eigenvalue weighted by Gasteiger charge is 2.33. The highest BCUT2D eigenvalue weighted by Crippen LogP contribution is 2.39.